The highest BCUT2D eigenvalue weighted by Crippen LogP contribution is 2.26. The van der Waals surface area contributed by atoms with Crippen LogP contribution in [0.25, 0.3) is 0 Å². The van der Waals surface area contributed by atoms with Crippen molar-refractivity contribution in [1.29, 1.82) is 5.26 Å². The number of nitriles is 1. The molecule has 0 aliphatic carbocycles. The molecule has 96 valence electrons. The third kappa shape index (κ3) is 2.95. The van der Waals surface area contributed by atoms with Gasteiger partial charge < -0.3 is 10.2 Å². The summed E-state index contributed by atoms with van der Waals surface area (Å²) >= 11 is 6.08. The summed E-state index contributed by atoms with van der Waals surface area (Å²) in [6, 6.07) is 8.83. The van der Waals surface area contributed by atoms with Crippen LogP contribution >= 0.6 is 11.6 Å². The molecule has 0 spiro atoms. The van der Waals surface area contributed by atoms with Crippen LogP contribution in [0, 0.1) is 18.3 Å². The monoisotopic (exact) mass is 263 g/mol. The molecule has 1 aromatic rings. The fourth-order valence-corrected chi connectivity index (χ4v) is 2.70. The molecule has 0 saturated carbocycles. The topological polar surface area (TPSA) is 39.1 Å². The zero-order valence-electron chi connectivity index (χ0n) is 10.8. The van der Waals surface area contributed by atoms with Crippen LogP contribution in [0.4, 0.5) is 5.69 Å². The maximum Gasteiger partial charge on any atom is 0.0638 e. The molecule has 0 aromatic heterocycles. The molecule has 1 heterocycles. The maximum atomic E-state index is 8.83. The van der Waals surface area contributed by atoms with E-state index in [-0.39, 0.29) is 6.04 Å². The third-order valence-electron chi connectivity index (χ3n) is 3.30. The second kappa shape index (κ2) is 5.60. The van der Waals surface area contributed by atoms with Gasteiger partial charge in [-0.3, -0.25) is 0 Å². The molecule has 1 N–H and O–H groups in total. The van der Waals surface area contributed by atoms with Crippen molar-refractivity contribution in [1.82, 2.24) is 5.32 Å². The number of aryl methyl sites for hydroxylation is 1. The maximum absolute atomic E-state index is 8.83. The molecule has 1 saturated heterocycles. The van der Waals surface area contributed by atoms with Crippen molar-refractivity contribution in [3.05, 3.63) is 28.8 Å². The van der Waals surface area contributed by atoms with Crippen LogP contribution in [0.2, 0.25) is 5.02 Å². The van der Waals surface area contributed by atoms with E-state index < -0.39 is 0 Å². The number of nitrogens with zero attached hydrogens (tertiary/aromatic N) is 2. The summed E-state index contributed by atoms with van der Waals surface area (Å²) in [5.41, 5.74) is 2.41. The summed E-state index contributed by atoms with van der Waals surface area (Å²) in [4.78, 5) is 2.32. The summed E-state index contributed by atoms with van der Waals surface area (Å²) < 4.78 is 0. The zero-order chi connectivity index (χ0) is 13.1. The first kappa shape index (κ1) is 13.2. The third-order valence-corrected chi connectivity index (χ3v) is 3.54. The lowest BCUT2D eigenvalue weighted by Gasteiger charge is -2.39. The van der Waals surface area contributed by atoms with Crippen molar-refractivity contribution < 1.29 is 0 Å². The van der Waals surface area contributed by atoms with E-state index in [1.54, 1.807) is 0 Å². The van der Waals surface area contributed by atoms with E-state index >= 15 is 0 Å². The van der Waals surface area contributed by atoms with E-state index in [0.29, 0.717) is 12.5 Å². The quantitative estimate of drug-likeness (QED) is 0.892. The predicted octanol–water partition coefficient (Wildman–Crippen LogP) is 2.73. The molecule has 0 radical (unpaired) electrons. The molecule has 4 heteroatoms. The molecule has 0 bridgehead atoms. The summed E-state index contributed by atoms with van der Waals surface area (Å²) in [7, 11) is 0. The van der Waals surface area contributed by atoms with E-state index in [1.165, 1.54) is 11.3 Å². The number of anilines is 1. The number of nitrogens with one attached hydrogen (secondary N) is 1. The average Bonchev–Trinajstić information content (AvgIpc) is 2.32. The van der Waals surface area contributed by atoms with Crippen LogP contribution in [-0.4, -0.2) is 25.2 Å². The number of hydrogen-bond acceptors (Lipinski definition) is 3. The molecule has 2 atom stereocenters. The Labute approximate surface area is 113 Å². The molecule has 18 heavy (non-hydrogen) atoms. The van der Waals surface area contributed by atoms with Crippen LogP contribution in [0.15, 0.2) is 18.2 Å². The van der Waals surface area contributed by atoms with Gasteiger partial charge in [0.05, 0.1) is 12.5 Å². The number of benzene rings is 1. The fourth-order valence-electron chi connectivity index (χ4n) is 2.53. The van der Waals surface area contributed by atoms with E-state index in [9.17, 15) is 0 Å². The fraction of sp³-hybridized carbons (Fsp3) is 0.500. The predicted molar refractivity (Wildman–Crippen MR) is 75.0 cm³/mol. The Kier molecular flexibility index (Phi) is 4.11. The Balaban J connectivity index is 2.21. The highest BCUT2D eigenvalue weighted by Gasteiger charge is 2.24. The molecular weight excluding hydrogens is 246 g/mol. The standard InChI is InChI=1S/C14H18ClN3/c1-10-3-4-12(15)7-14(10)18-8-11(2)17-13(9-18)5-6-16/h3-4,7,11,13,17H,5,8-9H2,1-2H3. The first-order valence-corrected chi connectivity index (χ1v) is 6.62. The Morgan fingerprint density at radius 3 is 3.00 bits per heavy atom. The molecule has 0 amide bonds. The van der Waals surface area contributed by atoms with Crippen LogP contribution in [0.5, 0.6) is 0 Å². The Morgan fingerprint density at radius 1 is 1.50 bits per heavy atom. The summed E-state index contributed by atoms with van der Waals surface area (Å²) in [5.74, 6) is 0. The summed E-state index contributed by atoms with van der Waals surface area (Å²) in [6.07, 6.45) is 0.542. The van der Waals surface area contributed by atoms with Crippen LogP contribution < -0.4 is 10.2 Å². The van der Waals surface area contributed by atoms with Gasteiger partial charge in [0.25, 0.3) is 0 Å². The SMILES string of the molecule is Cc1ccc(Cl)cc1N1CC(C)NC(CC#N)C1. The number of piperazine rings is 1. The second-order valence-corrected chi connectivity index (χ2v) is 5.40. The van der Waals surface area contributed by atoms with E-state index in [1.807, 2.05) is 18.2 Å². The highest BCUT2D eigenvalue weighted by molar-refractivity contribution is 6.30. The summed E-state index contributed by atoms with van der Waals surface area (Å²) in [5, 5.41) is 13.0. The average molecular weight is 264 g/mol. The largest absolute Gasteiger partial charge is 0.368 e. The van der Waals surface area contributed by atoms with Crippen molar-refractivity contribution in [2.45, 2.75) is 32.4 Å². The Bertz CT molecular complexity index is 467. The molecule has 2 unspecified atom stereocenters. The van der Waals surface area contributed by atoms with E-state index in [2.05, 4.69) is 30.1 Å². The molecular formula is C14H18ClN3. The van der Waals surface area contributed by atoms with Gasteiger partial charge in [-0.15, -0.1) is 0 Å². The van der Waals surface area contributed by atoms with Crippen molar-refractivity contribution in [3.63, 3.8) is 0 Å². The van der Waals surface area contributed by atoms with Crippen molar-refractivity contribution in [2.24, 2.45) is 0 Å². The molecule has 1 aliphatic heterocycles. The minimum absolute atomic E-state index is 0.233. The smallest absolute Gasteiger partial charge is 0.0638 e. The van der Waals surface area contributed by atoms with Gasteiger partial charge in [-0.25, -0.2) is 0 Å². The number of halogens is 1. The number of hydrogen-bond donors (Lipinski definition) is 1. The number of rotatable bonds is 2. The van der Waals surface area contributed by atoms with Gasteiger partial charge >= 0.3 is 0 Å². The van der Waals surface area contributed by atoms with E-state index in [4.69, 9.17) is 16.9 Å². The van der Waals surface area contributed by atoms with Gasteiger partial charge in [0.2, 0.25) is 0 Å². The minimum atomic E-state index is 0.233. The van der Waals surface area contributed by atoms with Gasteiger partial charge in [-0.05, 0) is 31.5 Å². The van der Waals surface area contributed by atoms with Crippen LogP contribution in [0.1, 0.15) is 18.9 Å². The molecule has 2 rings (SSSR count). The molecule has 1 aromatic carbocycles. The zero-order valence-corrected chi connectivity index (χ0v) is 11.5. The van der Waals surface area contributed by atoms with Gasteiger partial charge in [0, 0.05) is 35.9 Å². The Morgan fingerprint density at radius 2 is 2.28 bits per heavy atom. The van der Waals surface area contributed by atoms with Crippen LogP contribution in [0.3, 0.4) is 0 Å². The van der Waals surface area contributed by atoms with Crippen molar-refractivity contribution in [3.8, 4) is 6.07 Å². The lowest BCUT2D eigenvalue weighted by atomic mass is 10.1. The van der Waals surface area contributed by atoms with Crippen LogP contribution in [-0.2, 0) is 0 Å². The van der Waals surface area contributed by atoms with E-state index in [0.717, 1.165) is 18.1 Å². The van der Waals surface area contributed by atoms with Gasteiger partial charge in [-0.1, -0.05) is 17.7 Å². The molecule has 1 fully saturated rings. The highest BCUT2D eigenvalue weighted by atomic mass is 35.5. The lowest BCUT2D eigenvalue weighted by molar-refractivity contribution is 0.391. The molecule has 1 aliphatic rings. The van der Waals surface area contributed by atoms with Gasteiger partial charge in [0.1, 0.15) is 0 Å². The normalized spacial score (nSPS) is 23.8. The summed E-state index contributed by atoms with van der Waals surface area (Å²) in [6.45, 7) is 6.05. The Hall–Kier alpha value is -1.24. The molecule has 3 nitrogen and oxygen atoms in total. The first-order chi connectivity index (χ1) is 8.60. The van der Waals surface area contributed by atoms with Crippen molar-refractivity contribution >= 4 is 17.3 Å². The first-order valence-electron chi connectivity index (χ1n) is 6.24. The lowest BCUT2D eigenvalue weighted by Crippen LogP contribution is -2.55. The second-order valence-electron chi connectivity index (χ2n) is 4.96. The van der Waals surface area contributed by atoms with Gasteiger partial charge in [0.15, 0.2) is 0 Å². The minimum Gasteiger partial charge on any atom is -0.368 e. The van der Waals surface area contributed by atoms with Crippen molar-refractivity contribution in [2.75, 3.05) is 18.0 Å². The van der Waals surface area contributed by atoms with Gasteiger partial charge in [-0.2, -0.15) is 5.26 Å².